The van der Waals surface area contributed by atoms with Crippen LogP contribution in [0.3, 0.4) is 0 Å². The molecule has 0 saturated heterocycles. The molecule has 8 atom stereocenters. The molecule has 0 aromatic carbocycles. The lowest BCUT2D eigenvalue weighted by atomic mass is 9.44. The van der Waals surface area contributed by atoms with Gasteiger partial charge in [0, 0.05) is 12.0 Å². The van der Waals surface area contributed by atoms with Gasteiger partial charge in [0.2, 0.25) is 0 Å². The van der Waals surface area contributed by atoms with Crippen molar-refractivity contribution in [2.45, 2.75) is 97.0 Å². The second-order valence-electron chi connectivity index (χ2n) is 11.4. The van der Waals surface area contributed by atoms with Crippen molar-refractivity contribution < 1.29 is 9.63 Å². The first-order valence-corrected chi connectivity index (χ1v) is 11.4. The van der Waals surface area contributed by atoms with Crippen molar-refractivity contribution in [2.24, 2.45) is 34.5 Å². The number of aromatic nitrogens is 1. The van der Waals surface area contributed by atoms with Crippen LogP contribution in [0, 0.1) is 41.4 Å². The molecule has 1 aromatic heterocycles. The summed E-state index contributed by atoms with van der Waals surface area (Å²) in [5.41, 5.74) is 1.64. The zero-order valence-electron chi connectivity index (χ0n) is 17.6. The van der Waals surface area contributed by atoms with Gasteiger partial charge in [0.25, 0.3) is 0 Å². The van der Waals surface area contributed by atoms with E-state index in [-0.39, 0.29) is 0 Å². The van der Waals surface area contributed by atoms with Crippen LogP contribution in [0.1, 0.15) is 95.9 Å². The summed E-state index contributed by atoms with van der Waals surface area (Å²) in [7, 11) is 0. The summed E-state index contributed by atoms with van der Waals surface area (Å²) in [5, 5.41) is 15.1. The lowest BCUT2D eigenvalue weighted by Crippen LogP contribution is -2.55. The van der Waals surface area contributed by atoms with Crippen molar-refractivity contribution in [3.05, 3.63) is 17.5 Å². The van der Waals surface area contributed by atoms with Crippen molar-refractivity contribution in [3.8, 4) is 0 Å². The Labute approximate surface area is 164 Å². The normalized spacial score (nSPS) is 52.1. The summed E-state index contributed by atoms with van der Waals surface area (Å²) in [6.07, 6.45) is 11.3. The van der Waals surface area contributed by atoms with Crippen molar-refractivity contribution in [1.29, 1.82) is 0 Å². The SMILES string of the molecule is Cc1cc([C@H]2CCC3[C@@H]4CCC5C[C@](C)(O)CC[C@]5(C)C4CCC32C)no1. The van der Waals surface area contributed by atoms with Crippen LogP contribution >= 0.6 is 0 Å². The Balaban J connectivity index is 1.42. The summed E-state index contributed by atoms with van der Waals surface area (Å²) < 4.78 is 5.44. The van der Waals surface area contributed by atoms with E-state index in [1.807, 2.05) is 6.92 Å². The van der Waals surface area contributed by atoms with E-state index in [0.717, 1.165) is 42.3 Å². The highest BCUT2D eigenvalue weighted by molar-refractivity contribution is 5.20. The minimum Gasteiger partial charge on any atom is -0.390 e. The van der Waals surface area contributed by atoms with Gasteiger partial charge in [-0.25, -0.2) is 0 Å². The molecule has 4 aliphatic carbocycles. The summed E-state index contributed by atoms with van der Waals surface area (Å²) in [6.45, 7) is 9.23. The zero-order valence-corrected chi connectivity index (χ0v) is 17.6. The van der Waals surface area contributed by atoms with E-state index in [4.69, 9.17) is 4.52 Å². The lowest BCUT2D eigenvalue weighted by Gasteiger charge is -2.61. The Morgan fingerprint density at radius 2 is 1.74 bits per heavy atom. The fourth-order valence-corrected chi connectivity index (χ4v) is 8.47. The molecule has 150 valence electrons. The number of nitrogens with zero attached hydrogens (tertiary/aromatic N) is 1. The fraction of sp³-hybridized carbons (Fsp3) is 0.875. The topological polar surface area (TPSA) is 46.3 Å². The quantitative estimate of drug-likeness (QED) is 0.672. The Bertz CT molecular complexity index is 724. The third-order valence-corrected chi connectivity index (χ3v) is 9.96. The molecule has 0 bridgehead atoms. The molecule has 4 unspecified atom stereocenters. The Morgan fingerprint density at radius 1 is 0.963 bits per heavy atom. The molecule has 0 aliphatic heterocycles. The number of fused-ring (bicyclic) bond motifs is 5. The second kappa shape index (κ2) is 5.84. The fourth-order valence-electron chi connectivity index (χ4n) is 8.47. The minimum atomic E-state index is -0.427. The Morgan fingerprint density at radius 3 is 2.48 bits per heavy atom. The van der Waals surface area contributed by atoms with E-state index >= 15 is 0 Å². The molecule has 27 heavy (non-hydrogen) atoms. The molecular weight excluding hydrogens is 334 g/mol. The maximum atomic E-state index is 10.7. The van der Waals surface area contributed by atoms with E-state index in [2.05, 4.69) is 32.0 Å². The predicted molar refractivity (Wildman–Crippen MR) is 106 cm³/mol. The van der Waals surface area contributed by atoms with E-state index in [0.29, 0.717) is 16.7 Å². The second-order valence-corrected chi connectivity index (χ2v) is 11.4. The van der Waals surface area contributed by atoms with Gasteiger partial charge in [0.15, 0.2) is 0 Å². The van der Waals surface area contributed by atoms with Crippen LogP contribution < -0.4 is 0 Å². The van der Waals surface area contributed by atoms with Crippen molar-refractivity contribution in [1.82, 2.24) is 5.16 Å². The molecule has 1 heterocycles. The van der Waals surface area contributed by atoms with Gasteiger partial charge >= 0.3 is 0 Å². The molecule has 5 rings (SSSR count). The average Bonchev–Trinajstić information content (AvgIpc) is 3.18. The highest BCUT2D eigenvalue weighted by Gasteiger charge is 2.61. The maximum Gasteiger partial charge on any atom is 0.133 e. The molecule has 1 aromatic rings. The number of hydrogen-bond acceptors (Lipinski definition) is 3. The standard InChI is InChI=1S/C24H37NO2/c1-15-13-21(25-27-15)20-8-7-18-17-6-5-16-14-22(2,26)11-12-23(16,3)19(17)9-10-24(18,20)4/h13,16-20,26H,5-12,14H2,1-4H3/t16?,17-,18?,19?,20+,22+,23-,24?/m0/s1. The van der Waals surface area contributed by atoms with Crippen LogP contribution in [0.4, 0.5) is 0 Å². The molecule has 3 heteroatoms. The van der Waals surface area contributed by atoms with Crippen LogP contribution in [0.25, 0.3) is 0 Å². The first kappa shape index (κ1) is 18.2. The molecule has 0 spiro atoms. The third-order valence-electron chi connectivity index (χ3n) is 9.96. The van der Waals surface area contributed by atoms with Crippen LogP contribution in [-0.4, -0.2) is 15.9 Å². The van der Waals surface area contributed by atoms with Crippen LogP contribution in [0.15, 0.2) is 10.6 Å². The largest absolute Gasteiger partial charge is 0.390 e. The van der Waals surface area contributed by atoms with Gasteiger partial charge in [-0.15, -0.1) is 0 Å². The smallest absolute Gasteiger partial charge is 0.133 e. The van der Waals surface area contributed by atoms with E-state index < -0.39 is 5.60 Å². The highest BCUT2D eigenvalue weighted by atomic mass is 16.5. The van der Waals surface area contributed by atoms with Gasteiger partial charge < -0.3 is 9.63 Å². The molecule has 1 N–H and O–H groups in total. The Kier molecular flexibility index (Phi) is 3.94. The van der Waals surface area contributed by atoms with Gasteiger partial charge in [-0.05, 0) is 106 Å². The third kappa shape index (κ3) is 2.59. The van der Waals surface area contributed by atoms with E-state index in [1.165, 1.54) is 50.6 Å². The van der Waals surface area contributed by atoms with Crippen molar-refractivity contribution in [3.63, 3.8) is 0 Å². The molecule has 4 fully saturated rings. The number of rotatable bonds is 1. The minimum absolute atomic E-state index is 0.397. The van der Waals surface area contributed by atoms with Crippen molar-refractivity contribution in [2.75, 3.05) is 0 Å². The molecular formula is C24H37NO2. The summed E-state index contributed by atoms with van der Waals surface area (Å²) >= 11 is 0. The molecule has 3 nitrogen and oxygen atoms in total. The maximum absolute atomic E-state index is 10.7. The monoisotopic (exact) mass is 371 g/mol. The summed E-state index contributed by atoms with van der Waals surface area (Å²) in [5.74, 6) is 4.85. The van der Waals surface area contributed by atoms with Crippen LogP contribution in [0.5, 0.6) is 0 Å². The van der Waals surface area contributed by atoms with Crippen LogP contribution in [-0.2, 0) is 0 Å². The van der Waals surface area contributed by atoms with Gasteiger partial charge in [-0.3, -0.25) is 0 Å². The van der Waals surface area contributed by atoms with Gasteiger partial charge in [-0.2, -0.15) is 0 Å². The molecule has 4 saturated carbocycles. The zero-order chi connectivity index (χ0) is 19.0. The van der Waals surface area contributed by atoms with Crippen molar-refractivity contribution >= 4 is 0 Å². The average molecular weight is 372 g/mol. The molecule has 0 radical (unpaired) electrons. The first-order chi connectivity index (χ1) is 12.7. The van der Waals surface area contributed by atoms with Crippen LogP contribution in [0.2, 0.25) is 0 Å². The highest BCUT2D eigenvalue weighted by Crippen LogP contribution is 2.69. The van der Waals surface area contributed by atoms with E-state index in [1.54, 1.807) is 0 Å². The number of aliphatic hydroxyl groups is 1. The first-order valence-electron chi connectivity index (χ1n) is 11.4. The summed E-state index contributed by atoms with van der Waals surface area (Å²) in [4.78, 5) is 0. The number of aryl methyl sites for hydroxylation is 1. The lowest BCUT2D eigenvalue weighted by molar-refractivity contribution is -0.143. The van der Waals surface area contributed by atoms with Gasteiger partial charge in [-0.1, -0.05) is 19.0 Å². The molecule has 0 amide bonds. The molecule has 4 aliphatic rings. The van der Waals surface area contributed by atoms with E-state index in [9.17, 15) is 5.11 Å². The Hall–Kier alpha value is -0.830. The van der Waals surface area contributed by atoms with Gasteiger partial charge in [0.05, 0.1) is 11.3 Å². The van der Waals surface area contributed by atoms with Gasteiger partial charge in [0.1, 0.15) is 5.76 Å². The number of hydrogen-bond donors (Lipinski definition) is 1. The predicted octanol–water partition coefficient (Wildman–Crippen LogP) is 5.86. The summed E-state index contributed by atoms with van der Waals surface area (Å²) in [6, 6.07) is 2.19.